The fourth-order valence-corrected chi connectivity index (χ4v) is 4.63. The maximum Gasteiger partial charge on any atom is 0.237 e. The Bertz CT molecular complexity index is 1030. The minimum absolute atomic E-state index is 0.0103. The zero-order valence-electron chi connectivity index (χ0n) is 13.9. The second-order valence-electron chi connectivity index (χ2n) is 5.75. The van der Waals surface area contributed by atoms with Crippen LogP contribution < -0.4 is 4.90 Å². The molecule has 0 fully saturated rings. The zero-order valence-corrected chi connectivity index (χ0v) is 15.6. The molecular formula is C18H14FN3O3S2. The Kier molecular flexibility index (Phi) is 5.58. The highest BCUT2D eigenvalue weighted by atomic mass is 32.2. The number of aromatic nitrogens is 1. The lowest BCUT2D eigenvalue weighted by Crippen LogP contribution is -2.42. The van der Waals surface area contributed by atoms with Crippen molar-refractivity contribution in [2.75, 3.05) is 16.4 Å². The van der Waals surface area contributed by atoms with Crippen LogP contribution in [0.5, 0.6) is 0 Å². The number of benzene rings is 1. The first-order chi connectivity index (χ1) is 12.9. The van der Waals surface area contributed by atoms with E-state index in [4.69, 9.17) is 5.26 Å². The molecule has 0 bridgehead atoms. The van der Waals surface area contributed by atoms with Crippen LogP contribution in [0.4, 0.5) is 10.1 Å². The molecule has 0 spiro atoms. The molecule has 0 saturated heterocycles. The molecule has 3 rings (SSSR count). The Labute approximate surface area is 160 Å². The number of anilines is 1. The lowest BCUT2D eigenvalue weighted by atomic mass is 10.2. The molecule has 2 aromatic rings. The summed E-state index contributed by atoms with van der Waals surface area (Å²) in [6.07, 6.45) is 2.94. The fourth-order valence-electron chi connectivity index (χ4n) is 2.61. The molecule has 2 heterocycles. The summed E-state index contributed by atoms with van der Waals surface area (Å²) >= 11 is 1.14. The minimum Gasteiger partial charge on any atom is -0.304 e. The van der Waals surface area contributed by atoms with Crippen LogP contribution in [0.15, 0.2) is 59.1 Å². The Morgan fingerprint density at radius 1 is 1.33 bits per heavy atom. The van der Waals surface area contributed by atoms with E-state index in [-0.39, 0.29) is 17.4 Å². The van der Waals surface area contributed by atoms with E-state index in [9.17, 15) is 17.6 Å². The first-order valence-corrected chi connectivity index (χ1v) is 10.6. The molecule has 1 aliphatic rings. The first-order valence-electron chi connectivity index (χ1n) is 7.85. The van der Waals surface area contributed by atoms with Gasteiger partial charge in [0.1, 0.15) is 5.82 Å². The van der Waals surface area contributed by atoms with Gasteiger partial charge in [-0.15, -0.1) is 0 Å². The molecule has 0 N–H and O–H groups in total. The van der Waals surface area contributed by atoms with Gasteiger partial charge in [-0.05, 0) is 42.5 Å². The Morgan fingerprint density at radius 3 is 2.70 bits per heavy atom. The number of rotatable bonds is 5. The predicted octanol–water partition coefficient (Wildman–Crippen LogP) is 2.53. The van der Waals surface area contributed by atoms with Gasteiger partial charge in [0, 0.05) is 17.3 Å². The molecule has 1 aromatic heterocycles. The van der Waals surface area contributed by atoms with Crippen LogP contribution >= 0.6 is 11.8 Å². The number of pyridine rings is 1. The number of hydrogen-bond acceptors (Lipinski definition) is 6. The number of amides is 1. The molecular weight excluding hydrogens is 389 g/mol. The van der Waals surface area contributed by atoms with Gasteiger partial charge in [-0.1, -0.05) is 11.8 Å². The van der Waals surface area contributed by atoms with Gasteiger partial charge in [0.25, 0.3) is 0 Å². The van der Waals surface area contributed by atoms with E-state index in [2.05, 4.69) is 4.98 Å². The molecule has 9 heteroatoms. The largest absolute Gasteiger partial charge is 0.304 e. The van der Waals surface area contributed by atoms with E-state index >= 15 is 0 Å². The van der Waals surface area contributed by atoms with Crippen LogP contribution in [0.3, 0.4) is 0 Å². The number of sulfone groups is 1. The normalized spacial score (nSPS) is 17.4. The van der Waals surface area contributed by atoms with E-state index in [0.29, 0.717) is 16.3 Å². The molecule has 1 amide bonds. The van der Waals surface area contributed by atoms with Crippen molar-refractivity contribution < 1.29 is 17.6 Å². The van der Waals surface area contributed by atoms with Crippen molar-refractivity contribution in [2.24, 2.45) is 0 Å². The van der Waals surface area contributed by atoms with Crippen LogP contribution in [-0.2, 0) is 14.6 Å². The molecule has 1 aromatic carbocycles. The van der Waals surface area contributed by atoms with Gasteiger partial charge in [0.15, 0.2) is 9.84 Å². The summed E-state index contributed by atoms with van der Waals surface area (Å²) in [5.74, 6) is -1.03. The SMILES string of the molecule is N#Cc1ccnc(SCC(=O)N(c2ccc(F)cc2)[C@H]2C=CS(=O)(=O)C2)c1. The highest BCUT2D eigenvalue weighted by Gasteiger charge is 2.31. The first kappa shape index (κ1) is 19.1. The highest BCUT2D eigenvalue weighted by molar-refractivity contribution is 7.99. The van der Waals surface area contributed by atoms with Gasteiger partial charge in [0.2, 0.25) is 5.91 Å². The number of nitrogens with zero attached hydrogens (tertiary/aromatic N) is 3. The number of hydrogen-bond donors (Lipinski definition) is 0. The quantitative estimate of drug-likeness (QED) is 0.713. The number of thioether (sulfide) groups is 1. The van der Waals surface area contributed by atoms with Gasteiger partial charge >= 0.3 is 0 Å². The van der Waals surface area contributed by atoms with E-state index in [1.54, 1.807) is 12.1 Å². The van der Waals surface area contributed by atoms with Crippen molar-refractivity contribution >= 4 is 33.2 Å². The second kappa shape index (κ2) is 7.90. The topological polar surface area (TPSA) is 91.1 Å². The maximum atomic E-state index is 13.2. The summed E-state index contributed by atoms with van der Waals surface area (Å²) in [6.45, 7) is 0. The lowest BCUT2D eigenvalue weighted by molar-refractivity contribution is -0.116. The third-order valence-corrected chi connectivity index (χ3v) is 6.11. The summed E-state index contributed by atoms with van der Waals surface area (Å²) in [6, 6.07) is 9.78. The monoisotopic (exact) mass is 403 g/mol. The zero-order chi connectivity index (χ0) is 19.4. The fraction of sp³-hybridized carbons (Fsp3) is 0.167. The third-order valence-electron chi connectivity index (χ3n) is 3.82. The molecule has 0 unspecified atom stereocenters. The molecule has 0 aliphatic carbocycles. The Hall–Kier alpha value is -2.70. The average Bonchev–Trinajstić information content (AvgIpc) is 3.01. The number of carbonyl (C=O) groups excluding carboxylic acids is 1. The summed E-state index contributed by atoms with van der Waals surface area (Å²) in [7, 11) is -3.37. The van der Waals surface area contributed by atoms with Gasteiger partial charge in [-0.25, -0.2) is 17.8 Å². The Morgan fingerprint density at radius 2 is 2.07 bits per heavy atom. The molecule has 1 aliphatic heterocycles. The van der Waals surface area contributed by atoms with E-state index in [1.807, 2.05) is 6.07 Å². The summed E-state index contributed by atoms with van der Waals surface area (Å²) < 4.78 is 36.8. The van der Waals surface area contributed by atoms with Crippen molar-refractivity contribution in [1.82, 2.24) is 4.98 Å². The third kappa shape index (κ3) is 4.72. The van der Waals surface area contributed by atoms with Crippen LogP contribution in [0, 0.1) is 17.1 Å². The van der Waals surface area contributed by atoms with E-state index in [0.717, 1.165) is 17.2 Å². The second-order valence-corrected chi connectivity index (χ2v) is 8.68. The van der Waals surface area contributed by atoms with Crippen LogP contribution in [0.25, 0.3) is 0 Å². The van der Waals surface area contributed by atoms with Crippen molar-refractivity contribution in [1.29, 1.82) is 5.26 Å². The maximum absolute atomic E-state index is 13.2. The number of nitriles is 1. The number of carbonyl (C=O) groups is 1. The van der Waals surface area contributed by atoms with Crippen LogP contribution in [0.1, 0.15) is 5.56 Å². The lowest BCUT2D eigenvalue weighted by Gasteiger charge is -2.27. The van der Waals surface area contributed by atoms with E-state index < -0.39 is 21.7 Å². The van der Waals surface area contributed by atoms with Crippen LogP contribution in [0.2, 0.25) is 0 Å². The molecule has 0 radical (unpaired) electrons. The smallest absolute Gasteiger partial charge is 0.237 e. The van der Waals surface area contributed by atoms with Crippen LogP contribution in [-0.4, -0.2) is 36.9 Å². The van der Waals surface area contributed by atoms with Crippen molar-refractivity contribution in [3.8, 4) is 6.07 Å². The van der Waals surface area contributed by atoms with Crippen molar-refractivity contribution in [3.05, 3.63) is 65.5 Å². The van der Waals surface area contributed by atoms with Crippen molar-refractivity contribution in [3.63, 3.8) is 0 Å². The molecule has 6 nitrogen and oxygen atoms in total. The van der Waals surface area contributed by atoms with Gasteiger partial charge in [0.05, 0.1) is 34.2 Å². The summed E-state index contributed by atoms with van der Waals surface area (Å²) in [5, 5.41) is 10.5. The van der Waals surface area contributed by atoms with Gasteiger partial charge in [-0.2, -0.15) is 5.26 Å². The standard InChI is InChI=1S/C18H14FN3O3S2/c19-14-1-3-15(4-2-14)22(16-6-8-27(24,25)12-16)18(23)11-26-17-9-13(10-20)5-7-21-17/h1-9,16H,11-12H2/t16-/m0/s1. The number of halogens is 1. The molecule has 138 valence electrons. The molecule has 27 heavy (non-hydrogen) atoms. The molecule has 0 saturated carbocycles. The van der Waals surface area contributed by atoms with Gasteiger partial charge in [-0.3, -0.25) is 4.79 Å². The molecule has 1 atom stereocenters. The summed E-state index contributed by atoms with van der Waals surface area (Å²) in [4.78, 5) is 18.3. The minimum atomic E-state index is -3.37. The van der Waals surface area contributed by atoms with E-state index in [1.165, 1.54) is 41.4 Å². The summed E-state index contributed by atoms with van der Waals surface area (Å²) in [5.41, 5.74) is 0.840. The van der Waals surface area contributed by atoms with Crippen molar-refractivity contribution in [2.45, 2.75) is 11.1 Å². The average molecular weight is 403 g/mol. The highest BCUT2D eigenvalue weighted by Crippen LogP contribution is 2.25. The Balaban J connectivity index is 1.81. The van der Waals surface area contributed by atoms with Gasteiger partial charge < -0.3 is 4.90 Å². The predicted molar refractivity (Wildman–Crippen MR) is 100 cm³/mol.